The molecule has 4 aromatic rings. The minimum absolute atomic E-state index is 0. The first-order chi connectivity index (χ1) is 36.1. The van der Waals surface area contributed by atoms with Crippen molar-refractivity contribution in [1.82, 2.24) is 10.6 Å². The molecule has 2 unspecified atom stereocenters. The van der Waals surface area contributed by atoms with Crippen molar-refractivity contribution in [2.45, 2.75) is 130 Å². The molecule has 2 aliphatic heterocycles. The number of ketones is 2. The zero-order chi connectivity index (χ0) is 54.9. The number of urea groups is 2. The van der Waals surface area contributed by atoms with E-state index in [-0.39, 0.29) is 122 Å². The zero-order valence-corrected chi connectivity index (χ0v) is 47.2. The van der Waals surface area contributed by atoms with Crippen LogP contribution in [0.2, 0.25) is 0 Å². The van der Waals surface area contributed by atoms with Gasteiger partial charge in [-0.1, -0.05) is 129 Å². The molecule has 19 heteroatoms. The van der Waals surface area contributed by atoms with Gasteiger partial charge in [-0.15, -0.1) is 0 Å². The predicted molar refractivity (Wildman–Crippen MR) is 294 cm³/mol. The van der Waals surface area contributed by atoms with Crippen LogP contribution in [-0.2, 0) is 19.2 Å². The molecule has 0 spiro atoms. The van der Waals surface area contributed by atoms with Gasteiger partial charge in [0.15, 0.2) is 11.6 Å². The van der Waals surface area contributed by atoms with Gasteiger partial charge >= 0.3 is 49.8 Å². The Labute approximate surface area is 480 Å². The Kier molecular flexibility index (Phi) is 20.4. The number of amides is 6. The summed E-state index contributed by atoms with van der Waals surface area (Å²) in [6, 6.07) is 23.9. The third-order valence-electron chi connectivity index (χ3n) is 14.5. The maximum absolute atomic E-state index is 13.9. The SMILES string of the molecule is CC(C)(C)C(=O)CN1C(=O)C(NC(=O)Nc2cccc(C(=O)[O-])c2)CN(C2CCCCC2)c2ccccc21.CC(C)(C)C(=O)CN1C(=O)C(NC(=O)Nc2cccc(C(=O)[O-])c2)CN(C2CCCCC2)c2ccccc21.[Ca+2]. The molecule has 2 saturated carbocycles. The first-order valence-electron chi connectivity index (χ1n) is 26.3. The van der Waals surface area contributed by atoms with Crippen LogP contribution in [-0.4, -0.2) is 135 Å². The topological polar surface area (TPSA) is 244 Å². The molecule has 0 saturated heterocycles. The number of fused-ring (bicyclic) bond motifs is 2. The van der Waals surface area contributed by atoms with Crippen LogP contribution in [0.3, 0.4) is 0 Å². The molecule has 0 radical (unpaired) electrons. The molecule has 8 rings (SSSR count). The van der Waals surface area contributed by atoms with E-state index in [0.29, 0.717) is 11.4 Å². The molecule has 4 N–H and O–H groups in total. The van der Waals surface area contributed by atoms with Crippen molar-refractivity contribution in [3.05, 3.63) is 108 Å². The van der Waals surface area contributed by atoms with Crippen LogP contribution in [0.1, 0.15) is 126 Å². The van der Waals surface area contributed by atoms with E-state index in [4.69, 9.17) is 0 Å². The van der Waals surface area contributed by atoms with Crippen molar-refractivity contribution in [1.29, 1.82) is 0 Å². The molecule has 2 aliphatic carbocycles. The minimum Gasteiger partial charge on any atom is -0.545 e. The van der Waals surface area contributed by atoms with Gasteiger partial charge in [0.2, 0.25) is 0 Å². The standard InChI is InChI=1S/2C29H36N4O5.Ca/c2*1-29(2,3)25(34)18-33-24-15-8-7-14-23(24)32(21-12-5-4-6-13-21)17-22(26(33)35)31-28(38)30-20-11-9-10-19(16-20)27(36)37;/h2*7-11,14-16,21-22H,4-6,12-13,17-18H2,1-3H3,(H,36,37)(H2,30,31,38);/q;;+2/p-2. The summed E-state index contributed by atoms with van der Waals surface area (Å²) in [5.74, 6) is -3.62. The first-order valence-corrected chi connectivity index (χ1v) is 26.3. The van der Waals surface area contributed by atoms with Crippen LogP contribution in [0.5, 0.6) is 0 Å². The Morgan fingerprint density at radius 2 is 0.831 bits per heavy atom. The minimum atomic E-state index is -1.35. The third-order valence-corrected chi connectivity index (χ3v) is 14.5. The van der Waals surface area contributed by atoms with Gasteiger partial charge in [0.1, 0.15) is 12.1 Å². The summed E-state index contributed by atoms with van der Waals surface area (Å²) >= 11 is 0. The van der Waals surface area contributed by atoms with Gasteiger partial charge in [-0.2, -0.15) is 0 Å². The molecule has 0 aromatic heterocycles. The Balaban J connectivity index is 0.000000246. The maximum atomic E-state index is 13.9. The predicted octanol–water partition coefficient (Wildman–Crippen LogP) is 6.30. The van der Waals surface area contributed by atoms with Crippen LogP contribution in [0.4, 0.5) is 43.7 Å². The fourth-order valence-electron chi connectivity index (χ4n) is 10.1. The average molecular weight is 1080 g/mol. The third kappa shape index (κ3) is 15.4. The molecule has 6 amide bonds. The van der Waals surface area contributed by atoms with E-state index in [1.165, 1.54) is 59.0 Å². The fraction of sp³-hybridized carbons (Fsp3) is 0.448. The van der Waals surface area contributed by atoms with Crippen molar-refractivity contribution >= 4 is 119 Å². The van der Waals surface area contributed by atoms with E-state index in [9.17, 15) is 48.6 Å². The van der Waals surface area contributed by atoms with E-state index in [1.54, 1.807) is 12.1 Å². The maximum Gasteiger partial charge on any atom is 2.00 e. The molecular formula is C58H70CaN8O10. The number of nitrogens with one attached hydrogen (secondary N) is 4. The molecule has 77 heavy (non-hydrogen) atoms. The first kappa shape index (κ1) is 59.7. The summed E-state index contributed by atoms with van der Waals surface area (Å²) < 4.78 is 0. The van der Waals surface area contributed by atoms with E-state index in [1.807, 2.05) is 90.1 Å². The fourth-order valence-corrected chi connectivity index (χ4v) is 10.1. The second-order valence-corrected chi connectivity index (χ2v) is 22.1. The van der Waals surface area contributed by atoms with E-state index in [2.05, 4.69) is 31.1 Å². The summed E-state index contributed by atoms with van der Waals surface area (Å²) in [5, 5.41) is 33.2. The number of carboxylic acids is 2. The Bertz CT molecular complexity index is 2630. The number of para-hydroxylation sites is 4. The van der Waals surface area contributed by atoms with Crippen LogP contribution in [0.25, 0.3) is 0 Å². The summed E-state index contributed by atoms with van der Waals surface area (Å²) in [6.45, 7) is 11.2. The molecule has 404 valence electrons. The monoisotopic (exact) mass is 1080 g/mol. The van der Waals surface area contributed by atoms with Gasteiger partial charge in [-0.3, -0.25) is 19.2 Å². The van der Waals surface area contributed by atoms with Gasteiger partial charge in [0.25, 0.3) is 11.8 Å². The second-order valence-electron chi connectivity index (χ2n) is 22.1. The normalized spacial score (nSPS) is 18.2. The number of nitrogens with zero attached hydrogens (tertiary/aromatic N) is 4. The smallest absolute Gasteiger partial charge is 0.545 e. The summed E-state index contributed by atoms with van der Waals surface area (Å²) in [6.07, 6.45) is 10.7. The van der Waals surface area contributed by atoms with Gasteiger partial charge in [0.05, 0.1) is 47.8 Å². The Morgan fingerprint density at radius 1 is 0.494 bits per heavy atom. The number of hydrogen-bond donors (Lipinski definition) is 4. The van der Waals surface area contributed by atoms with Crippen LogP contribution >= 0.6 is 0 Å². The Morgan fingerprint density at radius 3 is 1.16 bits per heavy atom. The van der Waals surface area contributed by atoms with Gasteiger partial charge in [0, 0.05) is 47.4 Å². The number of carbonyl (C=O) groups is 8. The van der Waals surface area contributed by atoms with Gasteiger partial charge in [-0.05, 0) is 85.3 Å². The number of benzene rings is 4. The number of carbonyl (C=O) groups excluding carboxylic acids is 8. The van der Waals surface area contributed by atoms with Crippen LogP contribution in [0.15, 0.2) is 97.1 Å². The average Bonchev–Trinajstić information content (AvgIpc) is 3.59. The summed E-state index contributed by atoms with van der Waals surface area (Å²) in [7, 11) is 0. The number of rotatable bonds is 12. The van der Waals surface area contributed by atoms with E-state index in [0.717, 1.165) is 62.7 Å². The largest absolute Gasteiger partial charge is 2.00 e. The van der Waals surface area contributed by atoms with Gasteiger partial charge in [-0.25, -0.2) is 9.59 Å². The van der Waals surface area contributed by atoms with Crippen molar-refractivity contribution in [3.63, 3.8) is 0 Å². The number of aromatic carboxylic acids is 2. The van der Waals surface area contributed by atoms with Gasteiger partial charge < -0.3 is 60.7 Å². The van der Waals surface area contributed by atoms with Crippen molar-refractivity contribution in [2.75, 3.05) is 56.4 Å². The van der Waals surface area contributed by atoms with E-state index < -0.39 is 46.9 Å². The van der Waals surface area contributed by atoms with Crippen molar-refractivity contribution < 1.29 is 48.6 Å². The molecule has 2 fully saturated rings. The zero-order valence-electron chi connectivity index (χ0n) is 45.0. The number of Topliss-reactive ketones (excluding diaryl/α,β-unsaturated/α-hetero) is 2. The molecule has 2 heterocycles. The molecule has 4 aliphatic rings. The number of carboxylic acid groups (broad SMARTS) is 2. The van der Waals surface area contributed by atoms with Crippen molar-refractivity contribution in [2.24, 2.45) is 10.8 Å². The summed E-state index contributed by atoms with van der Waals surface area (Å²) in [5.41, 5.74) is 2.16. The van der Waals surface area contributed by atoms with E-state index >= 15 is 0 Å². The molecule has 4 aromatic carbocycles. The molecular weight excluding hydrogens is 1010 g/mol. The number of hydrogen-bond acceptors (Lipinski definition) is 12. The molecule has 0 bridgehead atoms. The van der Waals surface area contributed by atoms with Crippen LogP contribution in [0, 0.1) is 10.8 Å². The van der Waals surface area contributed by atoms with Crippen molar-refractivity contribution in [3.8, 4) is 0 Å². The molecule has 2 atom stereocenters. The van der Waals surface area contributed by atoms with Crippen LogP contribution < -0.4 is 51.1 Å². The second kappa shape index (κ2) is 26.2. The number of anilines is 6. The quantitative estimate of drug-likeness (QED) is 0.114. The summed E-state index contributed by atoms with van der Waals surface area (Å²) in [4.78, 5) is 110. The Hall–Kier alpha value is -6.50. The molecule has 18 nitrogen and oxygen atoms in total.